The molecule has 0 bridgehead atoms. The highest BCUT2D eigenvalue weighted by Gasteiger charge is 2.42. The number of hydrogen-bond acceptors (Lipinski definition) is 6. The first-order valence-corrected chi connectivity index (χ1v) is 11.6. The maximum absolute atomic E-state index is 13.0. The third kappa shape index (κ3) is 5.91. The lowest BCUT2D eigenvalue weighted by atomic mass is 10.1. The summed E-state index contributed by atoms with van der Waals surface area (Å²) in [5.74, 6) is -0.123. The van der Waals surface area contributed by atoms with Crippen molar-refractivity contribution in [2.24, 2.45) is 0 Å². The third-order valence-electron chi connectivity index (χ3n) is 5.58. The van der Waals surface area contributed by atoms with Gasteiger partial charge in [-0.1, -0.05) is 12.1 Å². The number of amides is 2. The molecule has 2 aromatic rings. The summed E-state index contributed by atoms with van der Waals surface area (Å²) in [5.41, 5.74) is 2.01. The molecule has 3 rings (SSSR count). The Labute approximate surface area is 204 Å². The van der Waals surface area contributed by atoms with E-state index in [4.69, 9.17) is 21.7 Å². The molecule has 2 amide bonds. The minimum atomic E-state index is -0.662. The summed E-state index contributed by atoms with van der Waals surface area (Å²) < 4.78 is 10.2. The number of hydrogen-bond donors (Lipinski definition) is 1. The van der Waals surface area contributed by atoms with Gasteiger partial charge in [-0.25, -0.2) is 4.79 Å². The van der Waals surface area contributed by atoms with Gasteiger partial charge >= 0.3 is 5.97 Å². The smallest absolute Gasteiger partial charge is 0.338 e. The van der Waals surface area contributed by atoms with E-state index in [-0.39, 0.29) is 18.2 Å². The highest BCUT2D eigenvalue weighted by Crippen LogP contribution is 2.22. The lowest BCUT2D eigenvalue weighted by Crippen LogP contribution is -2.39. The van der Waals surface area contributed by atoms with Gasteiger partial charge in [-0.3, -0.25) is 14.5 Å². The molecule has 0 radical (unpaired) electrons. The standard InChI is InChI=1S/C25H29N3O5S/c1-4-27-23(30)21(28(25(27)34)15-14-17-6-12-20(32-3)13-7-17)16-22(29)26-19-10-8-18(9-11-19)24(31)33-5-2/h6-13,21H,4-5,14-16H2,1-3H3,(H,26,29)/t21-/m0/s1. The molecule has 1 aliphatic heterocycles. The summed E-state index contributed by atoms with van der Waals surface area (Å²) in [6.07, 6.45) is 0.639. The summed E-state index contributed by atoms with van der Waals surface area (Å²) in [7, 11) is 1.62. The Morgan fingerprint density at radius 3 is 2.32 bits per heavy atom. The summed E-state index contributed by atoms with van der Waals surface area (Å²) >= 11 is 5.55. The molecular formula is C25H29N3O5S. The van der Waals surface area contributed by atoms with E-state index in [0.717, 1.165) is 11.3 Å². The highest BCUT2D eigenvalue weighted by molar-refractivity contribution is 7.80. The van der Waals surface area contributed by atoms with Gasteiger partial charge in [0.15, 0.2) is 5.11 Å². The lowest BCUT2D eigenvalue weighted by Gasteiger charge is -2.23. The average Bonchev–Trinajstić information content (AvgIpc) is 3.06. The summed E-state index contributed by atoms with van der Waals surface area (Å²) in [4.78, 5) is 40.9. The molecule has 0 aromatic heterocycles. The first-order valence-electron chi connectivity index (χ1n) is 11.2. The number of benzene rings is 2. The predicted octanol–water partition coefficient (Wildman–Crippen LogP) is 3.26. The first-order chi connectivity index (χ1) is 16.4. The van der Waals surface area contributed by atoms with Crippen LogP contribution < -0.4 is 10.1 Å². The zero-order valence-corrected chi connectivity index (χ0v) is 20.4. The van der Waals surface area contributed by atoms with E-state index < -0.39 is 12.0 Å². The molecule has 1 atom stereocenters. The number of anilines is 1. The number of methoxy groups -OCH3 is 1. The number of carbonyl (C=O) groups is 3. The predicted molar refractivity (Wildman–Crippen MR) is 133 cm³/mol. The largest absolute Gasteiger partial charge is 0.497 e. The number of esters is 1. The SMILES string of the molecule is CCOC(=O)c1ccc(NC(=O)C[C@H]2C(=O)N(CC)C(=S)N2CCc2ccc(OC)cc2)cc1. The molecule has 1 heterocycles. The topological polar surface area (TPSA) is 88.2 Å². The summed E-state index contributed by atoms with van der Waals surface area (Å²) in [6, 6.07) is 13.5. The van der Waals surface area contributed by atoms with Crippen LogP contribution in [0.5, 0.6) is 5.75 Å². The van der Waals surface area contributed by atoms with Gasteiger partial charge in [0.2, 0.25) is 5.91 Å². The third-order valence-corrected chi connectivity index (χ3v) is 6.03. The molecule has 180 valence electrons. The Hall–Kier alpha value is -3.46. The highest BCUT2D eigenvalue weighted by atomic mass is 32.1. The van der Waals surface area contributed by atoms with E-state index >= 15 is 0 Å². The second-order valence-corrected chi connectivity index (χ2v) is 8.09. The molecular weight excluding hydrogens is 454 g/mol. The van der Waals surface area contributed by atoms with Gasteiger partial charge in [0, 0.05) is 18.8 Å². The molecule has 0 aliphatic carbocycles. The van der Waals surface area contributed by atoms with Crippen molar-refractivity contribution < 1.29 is 23.9 Å². The van der Waals surface area contributed by atoms with E-state index in [1.54, 1.807) is 38.3 Å². The van der Waals surface area contributed by atoms with Crippen molar-refractivity contribution in [3.05, 3.63) is 59.7 Å². The van der Waals surface area contributed by atoms with Crippen molar-refractivity contribution in [2.45, 2.75) is 32.7 Å². The minimum absolute atomic E-state index is 0.0300. The monoisotopic (exact) mass is 483 g/mol. The van der Waals surface area contributed by atoms with Crippen molar-refractivity contribution in [3.63, 3.8) is 0 Å². The fourth-order valence-electron chi connectivity index (χ4n) is 3.77. The van der Waals surface area contributed by atoms with Crippen molar-refractivity contribution in [2.75, 3.05) is 32.1 Å². The molecule has 0 unspecified atom stereocenters. The molecule has 9 heteroatoms. The van der Waals surface area contributed by atoms with Crippen LogP contribution in [0.2, 0.25) is 0 Å². The van der Waals surface area contributed by atoms with Gasteiger partial charge in [0.1, 0.15) is 11.8 Å². The van der Waals surface area contributed by atoms with Gasteiger partial charge in [-0.15, -0.1) is 0 Å². The van der Waals surface area contributed by atoms with Crippen LogP contribution in [0.25, 0.3) is 0 Å². The molecule has 1 N–H and O–H groups in total. The van der Waals surface area contributed by atoms with Crippen LogP contribution in [0.1, 0.15) is 36.2 Å². The van der Waals surface area contributed by atoms with Gasteiger partial charge in [-0.2, -0.15) is 0 Å². The van der Waals surface area contributed by atoms with Crippen LogP contribution in [0.3, 0.4) is 0 Å². The Bertz CT molecular complexity index is 1040. The number of thiocarbonyl (C=S) groups is 1. The molecule has 34 heavy (non-hydrogen) atoms. The number of nitrogens with zero attached hydrogens (tertiary/aromatic N) is 2. The van der Waals surface area contributed by atoms with Crippen LogP contribution in [-0.2, 0) is 20.7 Å². The molecule has 0 spiro atoms. The second kappa shape index (κ2) is 11.6. The number of ether oxygens (including phenoxy) is 2. The van der Waals surface area contributed by atoms with Gasteiger partial charge in [0.25, 0.3) is 5.91 Å². The maximum atomic E-state index is 13.0. The minimum Gasteiger partial charge on any atom is -0.497 e. The Balaban J connectivity index is 1.65. The van der Waals surface area contributed by atoms with Crippen LogP contribution in [0.15, 0.2) is 48.5 Å². The van der Waals surface area contributed by atoms with Gasteiger partial charge in [-0.05, 0) is 74.4 Å². The number of likely N-dealkylation sites (N-methyl/N-ethyl adjacent to an activating group) is 1. The molecule has 1 saturated heterocycles. The second-order valence-electron chi connectivity index (χ2n) is 7.72. The Morgan fingerprint density at radius 1 is 1.06 bits per heavy atom. The van der Waals surface area contributed by atoms with Gasteiger partial charge < -0.3 is 19.7 Å². The lowest BCUT2D eigenvalue weighted by molar-refractivity contribution is -0.130. The number of nitrogens with one attached hydrogen (secondary N) is 1. The number of rotatable bonds is 10. The molecule has 2 aromatic carbocycles. The maximum Gasteiger partial charge on any atom is 0.338 e. The van der Waals surface area contributed by atoms with Crippen LogP contribution >= 0.6 is 12.2 Å². The fraction of sp³-hybridized carbons (Fsp3) is 0.360. The van der Waals surface area contributed by atoms with E-state index in [0.29, 0.717) is 42.5 Å². The van der Waals surface area contributed by atoms with E-state index in [2.05, 4.69) is 5.32 Å². The van der Waals surface area contributed by atoms with Gasteiger partial charge in [0.05, 0.1) is 25.7 Å². The average molecular weight is 484 g/mol. The normalized spacial score (nSPS) is 15.4. The van der Waals surface area contributed by atoms with Crippen LogP contribution in [0.4, 0.5) is 5.69 Å². The van der Waals surface area contributed by atoms with Crippen molar-refractivity contribution in [1.82, 2.24) is 9.80 Å². The van der Waals surface area contributed by atoms with E-state index in [9.17, 15) is 14.4 Å². The van der Waals surface area contributed by atoms with E-state index in [1.165, 1.54) is 4.90 Å². The van der Waals surface area contributed by atoms with Crippen molar-refractivity contribution in [3.8, 4) is 5.75 Å². The van der Waals surface area contributed by atoms with Crippen LogP contribution in [0, 0.1) is 0 Å². The zero-order valence-electron chi connectivity index (χ0n) is 19.6. The first kappa shape index (κ1) is 25.2. The van der Waals surface area contributed by atoms with Crippen LogP contribution in [-0.4, -0.2) is 65.5 Å². The summed E-state index contributed by atoms with van der Waals surface area (Å²) in [5, 5.41) is 3.24. The quantitative estimate of drug-likeness (QED) is 0.410. The van der Waals surface area contributed by atoms with Crippen molar-refractivity contribution in [1.29, 1.82) is 0 Å². The van der Waals surface area contributed by atoms with Crippen molar-refractivity contribution >= 4 is 40.8 Å². The molecule has 1 aliphatic rings. The number of carbonyl (C=O) groups excluding carboxylic acids is 3. The fourth-order valence-corrected chi connectivity index (χ4v) is 4.21. The molecule has 0 saturated carbocycles. The Morgan fingerprint density at radius 2 is 1.74 bits per heavy atom. The Kier molecular flexibility index (Phi) is 8.59. The zero-order chi connectivity index (χ0) is 24.7. The van der Waals surface area contributed by atoms with E-state index in [1.807, 2.05) is 36.1 Å². The molecule has 1 fully saturated rings. The summed E-state index contributed by atoms with van der Waals surface area (Å²) in [6.45, 7) is 4.85. The molecule has 8 nitrogen and oxygen atoms in total.